The second-order valence-electron chi connectivity index (χ2n) is 4.69. The van der Waals surface area contributed by atoms with Crippen LogP contribution in [0.1, 0.15) is 16.1 Å². The molecule has 23 heavy (non-hydrogen) atoms. The Bertz CT molecular complexity index is 767. The Balaban J connectivity index is 1.80. The second kappa shape index (κ2) is 6.52. The first kappa shape index (κ1) is 15.7. The first-order chi connectivity index (χ1) is 11.1. The van der Waals surface area contributed by atoms with Crippen molar-refractivity contribution in [1.29, 1.82) is 0 Å². The van der Waals surface area contributed by atoms with Crippen LogP contribution in [-0.2, 0) is 11.3 Å². The summed E-state index contributed by atoms with van der Waals surface area (Å²) in [7, 11) is 1.25. The number of carbonyl (C=O) groups excluding carboxylic acids is 1. The number of hydrogen-bond acceptors (Lipinski definition) is 6. The van der Waals surface area contributed by atoms with E-state index in [-0.39, 0.29) is 22.7 Å². The Labute approximate surface area is 142 Å². The molecule has 3 rings (SSSR count). The van der Waals surface area contributed by atoms with E-state index in [0.29, 0.717) is 23.7 Å². The SMILES string of the molecule is COC(=O)c1nc(Cl)cc(NCc2ccc3c(c2)OCO3)c1Cl. The van der Waals surface area contributed by atoms with Crippen LogP contribution in [0.15, 0.2) is 24.3 Å². The lowest BCUT2D eigenvalue weighted by Gasteiger charge is -2.11. The maximum Gasteiger partial charge on any atom is 0.358 e. The Hall–Kier alpha value is -2.18. The standard InChI is InChI=1S/C15H12Cl2N2O4/c1-21-15(20)14-13(17)9(5-12(16)19-14)18-6-8-2-3-10-11(4-8)23-7-22-10/h2-5H,6-7H2,1H3,(H,18,19). The summed E-state index contributed by atoms with van der Waals surface area (Å²) in [5.74, 6) is 0.758. The van der Waals surface area contributed by atoms with Crippen LogP contribution in [0.4, 0.5) is 5.69 Å². The van der Waals surface area contributed by atoms with Crippen molar-refractivity contribution >= 4 is 34.9 Å². The monoisotopic (exact) mass is 354 g/mol. The predicted octanol–water partition coefficient (Wildman–Crippen LogP) is 3.52. The van der Waals surface area contributed by atoms with Crippen LogP contribution in [0.3, 0.4) is 0 Å². The van der Waals surface area contributed by atoms with E-state index < -0.39 is 5.97 Å². The summed E-state index contributed by atoms with van der Waals surface area (Å²) in [4.78, 5) is 15.5. The third-order valence-electron chi connectivity index (χ3n) is 3.23. The minimum atomic E-state index is -0.649. The number of carbonyl (C=O) groups is 1. The number of aromatic nitrogens is 1. The van der Waals surface area contributed by atoms with E-state index in [9.17, 15) is 4.79 Å². The molecule has 2 heterocycles. The van der Waals surface area contributed by atoms with Crippen LogP contribution in [0.5, 0.6) is 11.5 Å². The van der Waals surface area contributed by atoms with Crippen molar-refractivity contribution in [2.45, 2.75) is 6.54 Å². The lowest BCUT2D eigenvalue weighted by molar-refractivity contribution is 0.0594. The highest BCUT2D eigenvalue weighted by Gasteiger charge is 2.18. The molecule has 0 radical (unpaired) electrons. The van der Waals surface area contributed by atoms with Crippen molar-refractivity contribution in [1.82, 2.24) is 4.98 Å². The number of anilines is 1. The van der Waals surface area contributed by atoms with Gasteiger partial charge in [0.15, 0.2) is 17.2 Å². The molecular formula is C15H12Cl2N2O4. The number of methoxy groups -OCH3 is 1. The molecule has 0 atom stereocenters. The molecule has 0 aliphatic carbocycles. The highest BCUT2D eigenvalue weighted by molar-refractivity contribution is 6.37. The first-order valence-electron chi connectivity index (χ1n) is 6.65. The Kier molecular flexibility index (Phi) is 4.45. The fraction of sp³-hybridized carbons (Fsp3) is 0.200. The zero-order valence-electron chi connectivity index (χ0n) is 12.1. The molecule has 0 saturated heterocycles. The Morgan fingerprint density at radius 3 is 2.87 bits per heavy atom. The number of nitrogens with one attached hydrogen (secondary N) is 1. The van der Waals surface area contributed by atoms with Crippen LogP contribution < -0.4 is 14.8 Å². The minimum Gasteiger partial charge on any atom is -0.464 e. The smallest absolute Gasteiger partial charge is 0.358 e. The topological polar surface area (TPSA) is 69.7 Å². The summed E-state index contributed by atoms with van der Waals surface area (Å²) in [6, 6.07) is 7.15. The van der Waals surface area contributed by atoms with Gasteiger partial charge < -0.3 is 19.5 Å². The van der Waals surface area contributed by atoms with Crippen molar-refractivity contribution in [3.05, 3.63) is 45.7 Å². The second-order valence-corrected chi connectivity index (χ2v) is 5.45. The van der Waals surface area contributed by atoms with Gasteiger partial charge in [0.05, 0.1) is 17.8 Å². The molecule has 1 N–H and O–H groups in total. The molecule has 0 amide bonds. The first-order valence-corrected chi connectivity index (χ1v) is 7.41. The van der Waals surface area contributed by atoms with Crippen molar-refractivity contribution in [2.24, 2.45) is 0 Å². The van der Waals surface area contributed by atoms with Gasteiger partial charge in [0, 0.05) is 12.6 Å². The van der Waals surface area contributed by atoms with Gasteiger partial charge in [-0.05, 0) is 17.7 Å². The molecule has 0 saturated carbocycles. The molecule has 120 valence electrons. The van der Waals surface area contributed by atoms with E-state index in [1.165, 1.54) is 7.11 Å². The zero-order chi connectivity index (χ0) is 16.4. The summed E-state index contributed by atoms with van der Waals surface area (Å²) in [5, 5.41) is 3.42. The van der Waals surface area contributed by atoms with Crippen molar-refractivity contribution < 1.29 is 19.0 Å². The number of benzene rings is 1. The molecule has 6 nitrogen and oxygen atoms in total. The molecule has 1 aliphatic heterocycles. The molecular weight excluding hydrogens is 343 g/mol. The van der Waals surface area contributed by atoms with Gasteiger partial charge in [-0.1, -0.05) is 29.3 Å². The van der Waals surface area contributed by atoms with Crippen molar-refractivity contribution in [2.75, 3.05) is 19.2 Å². The fourth-order valence-corrected chi connectivity index (χ4v) is 2.54. The molecule has 0 bridgehead atoms. The average Bonchev–Trinajstić information content (AvgIpc) is 3.02. The average molecular weight is 355 g/mol. The molecule has 8 heteroatoms. The van der Waals surface area contributed by atoms with Crippen LogP contribution in [0.25, 0.3) is 0 Å². The van der Waals surface area contributed by atoms with Gasteiger partial charge in [-0.3, -0.25) is 0 Å². The largest absolute Gasteiger partial charge is 0.464 e. The number of ether oxygens (including phenoxy) is 3. The minimum absolute atomic E-state index is 0.0325. The van der Waals surface area contributed by atoms with Crippen LogP contribution in [0, 0.1) is 0 Å². The van der Waals surface area contributed by atoms with Crippen molar-refractivity contribution in [3.8, 4) is 11.5 Å². The molecule has 1 aromatic heterocycles. The van der Waals surface area contributed by atoms with E-state index in [2.05, 4.69) is 15.0 Å². The summed E-state index contributed by atoms with van der Waals surface area (Å²) in [5.41, 5.74) is 1.41. The lowest BCUT2D eigenvalue weighted by Crippen LogP contribution is -2.08. The Morgan fingerprint density at radius 2 is 2.09 bits per heavy atom. The Morgan fingerprint density at radius 1 is 1.30 bits per heavy atom. The third kappa shape index (κ3) is 3.28. The van der Waals surface area contributed by atoms with Gasteiger partial charge in [0.25, 0.3) is 0 Å². The summed E-state index contributed by atoms with van der Waals surface area (Å²) in [6.07, 6.45) is 0. The molecule has 2 aromatic rings. The van der Waals surface area contributed by atoms with Gasteiger partial charge in [-0.15, -0.1) is 0 Å². The fourth-order valence-electron chi connectivity index (χ4n) is 2.11. The summed E-state index contributed by atoms with van der Waals surface area (Å²) < 4.78 is 15.2. The highest BCUT2D eigenvalue weighted by atomic mass is 35.5. The number of pyridine rings is 1. The number of fused-ring (bicyclic) bond motifs is 1. The van der Waals surface area contributed by atoms with Gasteiger partial charge in [-0.2, -0.15) is 0 Å². The lowest BCUT2D eigenvalue weighted by atomic mass is 10.2. The van der Waals surface area contributed by atoms with Gasteiger partial charge >= 0.3 is 5.97 Å². The zero-order valence-corrected chi connectivity index (χ0v) is 13.6. The highest BCUT2D eigenvalue weighted by Crippen LogP contribution is 2.33. The number of halogens is 2. The maximum atomic E-state index is 11.7. The number of hydrogen-bond donors (Lipinski definition) is 1. The van der Waals surface area contributed by atoms with E-state index in [1.807, 2.05) is 18.2 Å². The maximum absolute atomic E-state index is 11.7. The predicted molar refractivity (Wildman–Crippen MR) is 85.5 cm³/mol. The van der Waals surface area contributed by atoms with Gasteiger partial charge in [-0.25, -0.2) is 9.78 Å². The molecule has 1 aliphatic rings. The molecule has 1 aromatic carbocycles. The van der Waals surface area contributed by atoms with Crippen LogP contribution in [0.2, 0.25) is 10.2 Å². The normalized spacial score (nSPS) is 12.1. The summed E-state index contributed by atoms with van der Waals surface area (Å²) >= 11 is 12.1. The van der Waals surface area contributed by atoms with Gasteiger partial charge in [0.1, 0.15) is 5.15 Å². The van der Waals surface area contributed by atoms with Gasteiger partial charge in [0.2, 0.25) is 6.79 Å². The van der Waals surface area contributed by atoms with Crippen LogP contribution >= 0.6 is 23.2 Å². The molecule has 0 spiro atoms. The van der Waals surface area contributed by atoms with Crippen molar-refractivity contribution in [3.63, 3.8) is 0 Å². The number of rotatable bonds is 4. The van der Waals surface area contributed by atoms with E-state index in [4.69, 9.17) is 32.7 Å². The quantitative estimate of drug-likeness (QED) is 0.669. The van der Waals surface area contributed by atoms with E-state index >= 15 is 0 Å². The number of esters is 1. The van der Waals surface area contributed by atoms with E-state index in [0.717, 1.165) is 5.56 Å². The molecule has 0 unspecified atom stereocenters. The summed E-state index contributed by atoms with van der Waals surface area (Å²) in [6.45, 7) is 0.678. The van der Waals surface area contributed by atoms with Crippen LogP contribution in [-0.4, -0.2) is 24.9 Å². The third-order valence-corrected chi connectivity index (χ3v) is 3.80. The molecule has 0 fully saturated rings. The number of nitrogens with zero attached hydrogens (tertiary/aromatic N) is 1. The van der Waals surface area contributed by atoms with E-state index in [1.54, 1.807) is 6.07 Å².